The summed E-state index contributed by atoms with van der Waals surface area (Å²) >= 11 is 0. The molecule has 0 N–H and O–H groups in total. The minimum atomic E-state index is 1.03. The lowest BCUT2D eigenvalue weighted by Crippen LogP contribution is -2.03. The zero-order valence-electron chi connectivity index (χ0n) is 41.1. The van der Waals surface area contributed by atoms with Gasteiger partial charge in [-0.2, -0.15) is 0 Å². The number of hydrogen-bond acceptors (Lipinski definition) is 0. The van der Waals surface area contributed by atoms with Crippen LogP contribution in [0.25, 0.3) is 16.9 Å². The molecule has 2 aromatic rings. The van der Waals surface area contributed by atoms with Crippen LogP contribution in [0.2, 0.25) is 0 Å². The molecule has 0 fully saturated rings. The van der Waals surface area contributed by atoms with Gasteiger partial charge in [0, 0.05) is 22.3 Å². The Morgan fingerprint density at radius 2 is 0.639 bits per heavy atom. The van der Waals surface area contributed by atoms with Crippen LogP contribution in [-0.2, 0) is 12.8 Å². The smallest absolute Gasteiger partial charge is 0.211 e. The largest absolute Gasteiger partial charge is 0.493 e. The number of hydrogen-bond donors (Lipinski definition) is 0. The molecule has 2 heteroatoms. The maximum Gasteiger partial charge on any atom is 0.211 e. The molecule has 0 atom stereocenters. The van der Waals surface area contributed by atoms with Gasteiger partial charge in [0.15, 0.2) is 0 Å². The number of nitrogens with zero attached hydrogens (tertiary/aromatic N) is 2. The molecule has 0 aromatic heterocycles. The fourth-order valence-electron chi connectivity index (χ4n) is 9.77. The van der Waals surface area contributed by atoms with Gasteiger partial charge in [0.1, 0.15) is 0 Å². The molecule has 0 amide bonds. The molecular weight excluding hydrogens is 737 g/mol. The van der Waals surface area contributed by atoms with Crippen molar-refractivity contribution in [2.75, 3.05) is 0 Å². The van der Waals surface area contributed by atoms with Crippen molar-refractivity contribution in [3.8, 4) is 0 Å². The second kappa shape index (κ2) is 35.9. The van der Waals surface area contributed by atoms with E-state index in [1.54, 1.807) is 4.70 Å². The Bertz CT molecular complexity index is 1440. The minimum Gasteiger partial charge on any atom is -0.493 e. The van der Waals surface area contributed by atoms with E-state index in [9.17, 15) is 5.53 Å². The Balaban J connectivity index is 1.33. The molecule has 344 valence electrons. The fraction of sp³-hybridized carbons (Fsp3) is 0.729. The Morgan fingerprint density at radius 1 is 0.311 bits per heavy atom. The van der Waals surface area contributed by atoms with Gasteiger partial charge in [-0.1, -0.05) is 251 Å². The second-order valence-corrected chi connectivity index (χ2v) is 19.3. The van der Waals surface area contributed by atoms with Crippen LogP contribution < -0.4 is 0 Å². The molecule has 61 heavy (non-hydrogen) atoms. The van der Waals surface area contributed by atoms with Gasteiger partial charge in [-0.3, -0.25) is 0 Å². The van der Waals surface area contributed by atoms with Crippen molar-refractivity contribution in [2.45, 2.75) is 278 Å². The zero-order valence-corrected chi connectivity index (χ0v) is 41.1. The Hall–Kier alpha value is -2.48. The highest BCUT2D eigenvalue weighted by Crippen LogP contribution is 2.45. The molecular formula is C59H98N2. The van der Waals surface area contributed by atoms with E-state index >= 15 is 0 Å². The highest BCUT2D eigenvalue weighted by Gasteiger charge is 2.35. The van der Waals surface area contributed by atoms with Crippen LogP contribution in [-0.4, -0.2) is 4.70 Å². The zero-order chi connectivity index (χ0) is 43.4. The highest BCUT2D eigenvalue weighted by molar-refractivity contribution is 5.82. The predicted molar refractivity (Wildman–Crippen MR) is 271 cm³/mol. The van der Waals surface area contributed by atoms with Crippen LogP contribution in [0, 0.1) is 0 Å². The minimum absolute atomic E-state index is 1.03. The summed E-state index contributed by atoms with van der Waals surface area (Å²) in [7, 11) is 0. The third-order valence-corrected chi connectivity index (χ3v) is 13.7. The molecule has 2 aromatic carbocycles. The predicted octanol–water partition coefficient (Wildman–Crippen LogP) is 20.5. The summed E-state index contributed by atoms with van der Waals surface area (Å²) in [5.74, 6) is 0. The highest BCUT2D eigenvalue weighted by atomic mass is 15.2. The summed E-state index contributed by atoms with van der Waals surface area (Å²) in [6, 6.07) is 18.2. The average Bonchev–Trinajstić information content (AvgIpc) is 3.55. The monoisotopic (exact) mass is 835 g/mol. The quantitative estimate of drug-likeness (QED) is 0.0471. The number of allylic oxidation sites excluding steroid dienone is 2. The first-order valence-corrected chi connectivity index (χ1v) is 27.3. The lowest BCUT2D eigenvalue weighted by Gasteiger charge is -2.11. The maximum absolute atomic E-state index is 12.2. The molecule has 0 aliphatic carbocycles. The van der Waals surface area contributed by atoms with E-state index in [0.29, 0.717) is 0 Å². The van der Waals surface area contributed by atoms with Crippen LogP contribution in [0.4, 0.5) is 0 Å². The van der Waals surface area contributed by atoms with Crippen molar-refractivity contribution in [3.63, 3.8) is 0 Å². The summed E-state index contributed by atoms with van der Waals surface area (Å²) in [5.41, 5.74) is 22.1. The lowest BCUT2D eigenvalue weighted by molar-refractivity contribution is -0.345. The number of unbranched alkanes of at least 4 members (excludes halogenated alkanes) is 31. The topological polar surface area (TPSA) is 25.3 Å². The van der Waals surface area contributed by atoms with Crippen molar-refractivity contribution in [1.82, 2.24) is 0 Å². The van der Waals surface area contributed by atoms with Crippen LogP contribution in [0.15, 0.2) is 59.7 Å². The van der Waals surface area contributed by atoms with Crippen LogP contribution in [0.1, 0.15) is 288 Å². The fourth-order valence-corrected chi connectivity index (χ4v) is 9.77. The summed E-state index contributed by atoms with van der Waals surface area (Å²) in [6.45, 7) is 9.14. The van der Waals surface area contributed by atoms with Crippen molar-refractivity contribution in [1.29, 1.82) is 0 Å². The summed E-state index contributed by atoms with van der Waals surface area (Å²) in [5, 5.41) is 0. The molecule has 0 unspecified atom stereocenters. The van der Waals surface area contributed by atoms with Crippen LogP contribution in [0.5, 0.6) is 0 Å². The molecule has 0 saturated carbocycles. The van der Waals surface area contributed by atoms with E-state index in [0.717, 1.165) is 42.6 Å². The Labute approximate surface area is 380 Å². The first-order valence-electron chi connectivity index (χ1n) is 27.3. The van der Waals surface area contributed by atoms with Gasteiger partial charge in [-0.15, -0.1) is 0 Å². The third-order valence-electron chi connectivity index (χ3n) is 13.7. The SMILES string of the molecule is CCCCCCCCCCCCCCCCCCCCCCCCCCCCCCC1=C(c2ccc(CCCC)cc2)[N+](=[N-])C(c2cccc(CCCC)c2)=C1CCCCC. The second-order valence-electron chi connectivity index (χ2n) is 19.3. The summed E-state index contributed by atoms with van der Waals surface area (Å²) < 4.78 is 1.60. The lowest BCUT2D eigenvalue weighted by atomic mass is 9.91. The van der Waals surface area contributed by atoms with E-state index in [1.165, 1.54) is 253 Å². The van der Waals surface area contributed by atoms with Crippen molar-refractivity contribution in [3.05, 3.63) is 87.5 Å². The summed E-state index contributed by atoms with van der Waals surface area (Å²) in [4.78, 5) is 0. The van der Waals surface area contributed by atoms with Gasteiger partial charge in [0.25, 0.3) is 0 Å². The van der Waals surface area contributed by atoms with Crippen LogP contribution in [0.3, 0.4) is 0 Å². The summed E-state index contributed by atoms with van der Waals surface area (Å²) in [6.07, 6.45) is 52.8. The molecule has 1 heterocycles. The number of rotatable bonds is 41. The average molecular weight is 835 g/mol. The van der Waals surface area contributed by atoms with Gasteiger partial charge in [-0.05, 0) is 86.8 Å². The first-order chi connectivity index (χ1) is 30.1. The van der Waals surface area contributed by atoms with Crippen molar-refractivity contribution < 1.29 is 4.70 Å². The standard InChI is InChI=1S/C59H98N2/c1-5-9-13-14-15-16-17-18-19-20-21-22-23-24-25-26-27-28-29-30-31-32-33-34-35-36-37-39-46-56-57(45-38-10-6-2)59(55-44-40-43-53(51-55)42-12-8-4)61(60)58(56)54-49-47-52(48-50-54)41-11-7-3/h40,43-44,47-51H,5-39,41-42,45-46H2,1-4H3. The Morgan fingerprint density at radius 3 is 1.05 bits per heavy atom. The number of aryl methyl sites for hydroxylation is 2. The molecule has 0 spiro atoms. The van der Waals surface area contributed by atoms with E-state index in [2.05, 4.69) is 76.2 Å². The van der Waals surface area contributed by atoms with Gasteiger partial charge in [0.2, 0.25) is 11.4 Å². The molecule has 1 aliphatic heterocycles. The molecule has 1 aliphatic rings. The van der Waals surface area contributed by atoms with Crippen LogP contribution >= 0.6 is 0 Å². The van der Waals surface area contributed by atoms with Gasteiger partial charge >= 0.3 is 0 Å². The van der Waals surface area contributed by atoms with E-state index in [1.807, 2.05) is 0 Å². The van der Waals surface area contributed by atoms with Crippen molar-refractivity contribution in [2.24, 2.45) is 0 Å². The molecule has 0 saturated heterocycles. The maximum atomic E-state index is 12.2. The molecule has 0 bridgehead atoms. The van der Waals surface area contributed by atoms with E-state index in [4.69, 9.17) is 0 Å². The van der Waals surface area contributed by atoms with Crippen molar-refractivity contribution >= 4 is 11.4 Å². The molecule has 3 rings (SSSR count). The first kappa shape index (κ1) is 52.9. The molecule has 2 nitrogen and oxygen atoms in total. The number of benzene rings is 2. The molecule has 0 radical (unpaired) electrons. The van der Waals surface area contributed by atoms with Gasteiger partial charge in [0.05, 0.1) is 0 Å². The van der Waals surface area contributed by atoms with E-state index < -0.39 is 0 Å². The third kappa shape index (κ3) is 22.6. The van der Waals surface area contributed by atoms with Gasteiger partial charge in [-0.25, -0.2) is 4.70 Å². The van der Waals surface area contributed by atoms with Gasteiger partial charge < -0.3 is 5.53 Å². The Kier molecular flexibility index (Phi) is 31.1. The normalized spacial score (nSPS) is 13.1. The van der Waals surface area contributed by atoms with E-state index in [-0.39, 0.29) is 0 Å².